The fourth-order valence-corrected chi connectivity index (χ4v) is 7.41. The molecule has 0 saturated carbocycles. The zero-order valence-corrected chi connectivity index (χ0v) is 32.2. The first-order chi connectivity index (χ1) is 23.8. The molecule has 7 rings (SSSR count). The van der Waals surface area contributed by atoms with E-state index in [0.717, 1.165) is 60.5 Å². The third kappa shape index (κ3) is 6.65. The highest BCUT2D eigenvalue weighted by atomic mass is 79.9. The average molecular weight is 763 g/mol. The molecule has 0 atom stereocenters. The van der Waals surface area contributed by atoms with Crippen LogP contribution in [0.3, 0.4) is 0 Å². The molecule has 252 valence electrons. The minimum Gasteiger partial charge on any atom is -0.456 e. The highest BCUT2D eigenvalue weighted by Gasteiger charge is 2.23. The Hall–Kier alpha value is -4.22. The van der Waals surface area contributed by atoms with Crippen LogP contribution in [0, 0.1) is 0 Å². The van der Waals surface area contributed by atoms with E-state index in [0.29, 0.717) is 10.0 Å². The highest BCUT2D eigenvalue weighted by molar-refractivity contribution is 9.10. The van der Waals surface area contributed by atoms with Gasteiger partial charge in [0.1, 0.15) is 11.2 Å². The zero-order chi connectivity index (χ0) is 35.4. The highest BCUT2D eigenvalue weighted by Crippen LogP contribution is 2.46. The lowest BCUT2D eigenvalue weighted by Gasteiger charge is -2.31. The molecule has 1 heterocycles. The fourth-order valence-electron chi connectivity index (χ4n) is 6.42. The average Bonchev–Trinajstić information content (AvgIpc) is 3.45. The van der Waals surface area contributed by atoms with Crippen LogP contribution in [-0.2, 0) is 10.8 Å². The summed E-state index contributed by atoms with van der Waals surface area (Å²) in [5.41, 5.74) is 10.1. The third-order valence-corrected chi connectivity index (χ3v) is 10.6. The summed E-state index contributed by atoms with van der Waals surface area (Å²) in [4.78, 5) is 4.47. The molecule has 0 radical (unpaired) electrons. The lowest BCUT2D eigenvalue weighted by atomic mass is 9.87. The van der Waals surface area contributed by atoms with E-state index in [1.54, 1.807) is 0 Å². The number of benzene rings is 6. The minimum atomic E-state index is 0.0183. The SMILES string of the molecule is CC(C)(C)c1ccc(N(c2cccc(N(c3ccc(C(C)(C)C)cc3)c3cc(Cl)cc(Br)c3Cl)c2)c2ccc3oc4ccccc4c3c2)cc1. The molecule has 0 spiro atoms. The van der Waals surface area contributed by atoms with Crippen LogP contribution in [0.2, 0.25) is 10.0 Å². The van der Waals surface area contributed by atoms with Crippen LogP contribution in [0.4, 0.5) is 34.1 Å². The van der Waals surface area contributed by atoms with Crippen molar-refractivity contribution in [3.05, 3.63) is 153 Å². The van der Waals surface area contributed by atoms with Crippen LogP contribution in [0.25, 0.3) is 21.9 Å². The van der Waals surface area contributed by atoms with Gasteiger partial charge in [-0.25, -0.2) is 0 Å². The molecule has 7 aromatic rings. The van der Waals surface area contributed by atoms with Gasteiger partial charge in [-0.3, -0.25) is 0 Å². The Morgan fingerprint density at radius 1 is 0.500 bits per heavy atom. The quantitative estimate of drug-likeness (QED) is 0.157. The van der Waals surface area contributed by atoms with Crippen molar-refractivity contribution in [3.8, 4) is 0 Å². The molecule has 6 aromatic carbocycles. The molecule has 0 fully saturated rings. The molecule has 50 heavy (non-hydrogen) atoms. The van der Waals surface area contributed by atoms with E-state index in [9.17, 15) is 0 Å². The van der Waals surface area contributed by atoms with Crippen molar-refractivity contribution in [2.75, 3.05) is 9.80 Å². The summed E-state index contributed by atoms with van der Waals surface area (Å²) in [5, 5.41) is 3.32. The molecule has 0 aliphatic carbocycles. The Morgan fingerprint density at radius 2 is 1.02 bits per heavy atom. The van der Waals surface area contributed by atoms with Crippen LogP contribution in [0.5, 0.6) is 0 Å². The van der Waals surface area contributed by atoms with Crippen molar-refractivity contribution >= 4 is 95.2 Å². The summed E-state index contributed by atoms with van der Waals surface area (Å²) in [6.07, 6.45) is 0. The van der Waals surface area contributed by atoms with Gasteiger partial charge in [-0.05, 0) is 117 Å². The molecule has 1 aromatic heterocycles. The molecule has 3 nitrogen and oxygen atoms in total. The van der Waals surface area contributed by atoms with Gasteiger partial charge >= 0.3 is 0 Å². The topological polar surface area (TPSA) is 19.6 Å². The van der Waals surface area contributed by atoms with Gasteiger partial charge in [-0.2, -0.15) is 0 Å². The van der Waals surface area contributed by atoms with Gasteiger partial charge < -0.3 is 14.2 Å². The molecule has 0 N–H and O–H groups in total. The molecule has 6 heteroatoms. The summed E-state index contributed by atoms with van der Waals surface area (Å²) < 4.78 is 6.94. The van der Waals surface area contributed by atoms with Gasteiger partial charge in [-0.15, -0.1) is 0 Å². The predicted molar refractivity (Wildman–Crippen MR) is 218 cm³/mol. The van der Waals surface area contributed by atoms with Crippen LogP contribution < -0.4 is 9.80 Å². The zero-order valence-electron chi connectivity index (χ0n) is 29.1. The molecule has 0 aliphatic rings. The van der Waals surface area contributed by atoms with E-state index in [4.69, 9.17) is 27.6 Å². The van der Waals surface area contributed by atoms with Crippen molar-refractivity contribution < 1.29 is 4.42 Å². The number of fused-ring (bicyclic) bond motifs is 3. The van der Waals surface area contributed by atoms with Gasteiger partial charge in [0.2, 0.25) is 0 Å². The summed E-state index contributed by atoms with van der Waals surface area (Å²) in [6.45, 7) is 13.4. The first kappa shape index (κ1) is 34.2. The van der Waals surface area contributed by atoms with Gasteiger partial charge in [0.25, 0.3) is 0 Å². The Kier molecular flexibility index (Phi) is 9.01. The number of hydrogen-bond donors (Lipinski definition) is 0. The van der Waals surface area contributed by atoms with E-state index in [2.05, 4.69) is 170 Å². The molecule has 0 amide bonds. The number of para-hydroxylation sites is 1. The van der Waals surface area contributed by atoms with Gasteiger partial charge in [0, 0.05) is 48.7 Å². The van der Waals surface area contributed by atoms with Crippen molar-refractivity contribution in [2.24, 2.45) is 0 Å². The molecule has 0 saturated heterocycles. The second-order valence-electron chi connectivity index (χ2n) is 14.8. The monoisotopic (exact) mass is 760 g/mol. The molecule has 0 bridgehead atoms. The van der Waals surface area contributed by atoms with Crippen molar-refractivity contribution in [2.45, 2.75) is 52.4 Å². The Labute approximate surface area is 313 Å². The molecular weight excluding hydrogens is 723 g/mol. The van der Waals surface area contributed by atoms with Gasteiger partial charge in [0.15, 0.2) is 0 Å². The molecule has 0 aliphatic heterocycles. The summed E-state index contributed by atoms with van der Waals surface area (Å²) >= 11 is 17.3. The maximum absolute atomic E-state index is 7.04. The largest absolute Gasteiger partial charge is 0.456 e. The summed E-state index contributed by atoms with van der Waals surface area (Å²) in [6, 6.07) is 44.5. The first-order valence-electron chi connectivity index (χ1n) is 16.8. The van der Waals surface area contributed by atoms with E-state index in [1.807, 2.05) is 24.3 Å². The molecular formula is C44H39BrCl2N2O. The number of hydrogen-bond acceptors (Lipinski definition) is 3. The Morgan fingerprint density at radius 3 is 1.64 bits per heavy atom. The lowest BCUT2D eigenvalue weighted by molar-refractivity contribution is 0.590. The number of halogens is 3. The van der Waals surface area contributed by atoms with E-state index < -0.39 is 0 Å². The Bertz CT molecular complexity index is 2330. The van der Waals surface area contributed by atoms with Crippen molar-refractivity contribution in [1.29, 1.82) is 0 Å². The smallest absolute Gasteiger partial charge is 0.135 e. The number of furan rings is 1. The third-order valence-electron chi connectivity index (χ3n) is 9.16. The van der Waals surface area contributed by atoms with E-state index in [1.165, 1.54) is 11.1 Å². The standard InChI is InChI=1S/C44H39BrCl2N2O/c1-43(2,3)28-14-18-31(19-15-28)48(35-22-23-41-37(27-35)36-12-7-8-13-40(36)50-41)33-10-9-11-34(26-33)49(39-25-30(46)24-38(45)42(39)47)32-20-16-29(17-21-32)44(4,5)6/h7-27H,1-6H3. The number of anilines is 6. The summed E-state index contributed by atoms with van der Waals surface area (Å²) in [5.74, 6) is 0. The van der Waals surface area contributed by atoms with Crippen molar-refractivity contribution in [1.82, 2.24) is 0 Å². The first-order valence-corrected chi connectivity index (χ1v) is 18.3. The summed E-state index contributed by atoms with van der Waals surface area (Å²) in [7, 11) is 0. The normalized spacial score (nSPS) is 12.1. The van der Waals surface area contributed by atoms with Crippen LogP contribution >= 0.6 is 39.1 Å². The van der Waals surface area contributed by atoms with Crippen LogP contribution in [0.15, 0.2) is 136 Å². The van der Waals surface area contributed by atoms with E-state index in [-0.39, 0.29) is 10.8 Å². The van der Waals surface area contributed by atoms with E-state index >= 15 is 0 Å². The number of rotatable bonds is 6. The second-order valence-corrected chi connectivity index (χ2v) is 16.5. The van der Waals surface area contributed by atoms with Crippen LogP contribution in [-0.4, -0.2) is 0 Å². The minimum absolute atomic E-state index is 0.0183. The lowest BCUT2D eigenvalue weighted by Crippen LogP contribution is -2.15. The van der Waals surface area contributed by atoms with Gasteiger partial charge in [-0.1, -0.05) is 113 Å². The number of nitrogens with zero attached hydrogens (tertiary/aromatic N) is 2. The van der Waals surface area contributed by atoms with Crippen molar-refractivity contribution in [3.63, 3.8) is 0 Å². The fraction of sp³-hybridized carbons (Fsp3) is 0.182. The second kappa shape index (κ2) is 13.2. The molecule has 0 unspecified atom stereocenters. The Balaban J connectivity index is 1.43. The predicted octanol–water partition coefficient (Wildman–Crippen LogP) is 15.2. The maximum Gasteiger partial charge on any atom is 0.135 e. The van der Waals surface area contributed by atoms with Crippen LogP contribution in [0.1, 0.15) is 52.7 Å². The maximum atomic E-state index is 7.04. The van der Waals surface area contributed by atoms with Gasteiger partial charge in [0.05, 0.1) is 10.7 Å².